The first-order chi connectivity index (χ1) is 8.99. The predicted molar refractivity (Wildman–Crippen MR) is 65.4 cm³/mol. The number of carboxylic acids is 1. The maximum absolute atomic E-state index is 13.3. The number of rotatable bonds is 3. The molecule has 0 bridgehead atoms. The highest BCUT2D eigenvalue weighted by atomic mass is 19.1. The summed E-state index contributed by atoms with van der Waals surface area (Å²) in [7, 11) is 0. The molecular weight excluding hydrogens is 253 g/mol. The van der Waals surface area contributed by atoms with Crippen LogP contribution in [0.3, 0.4) is 0 Å². The van der Waals surface area contributed by atoms with Gasteiger partial charge in [-0.25, -0.2) is 9.18 Å². The third-order valence-electron chi connectivity index (χ3n) is 2.59. The van der Waals surface area contributed by atoms with Crippen LogP contribution in [-0.4, -0.2) is 16.0 Å². The minimum absolute atomic E-state index is 0.112. The number of benzene rings is 2. The van der Waals surface area contributed by atoms with Gasteiger partial charge < -0.3 is 5.11 Å². The number of non-ortho nitro benzene ring substituents is 1. The lowest BCUT2D eigenvalue weighted by molar-refractivity contribution is -0.384. The van der Waals surface area contributed by atoms with Crippen LogP contribution in [0.15, 0.2) is 42.5 Å². The maximum Gasteiger partial charge on any atom is 0.338 e. The Morgan fingerprint density at radius 3 is 2.47 bits per heavy atom. The molecule has 96 valence electrons. The summed E-state index contributed by atoms with van der Waals surface area (Å²) < 4.78 is 13.3. The number of nitro groups is 1. The number of carbonyl (C=O) groups is 1. The van der Waals surface area contributed by atoms with Crippen molar-refractivity contribution in [1.29, 1.82) is 0 Å². The van der Waals surface area contributed by atoms with Gasteiger partial charge in [0.15, 0.2) is 0 Å². The molecule has 2 aromatic carbocycles. The van der Waals surface area contributed by atoms with Crippen LogP contribution in [0.4, 0.5) is 10.1 Å². The molecule has 0 radical (unpaired) electrons. The van der Waals surface area contributed by atoms with E-state index in [9.17, 15) is 19.3 Å². The monoisotopic (exact) mass is 261 g/mol. The van der Waals surface area contributed by atoms with E-state index in [1.807, 2.05) is 0 Å². The lowest BCUT2D eigenvalue weighted by Gasteiger charge is -2.04. The molecule has 0 aliphatic heterocycles. The molecular formula is C13H8FNO4. The zero-order chi connectivity index (χ0) is 14.0. The van der Waals surface area contributed by atoms with Crippen LogP contribution in [0.25, 0.3) is 11.1 Å². The van der Waals surface area contributed by atoms with Gasteiger partial charge in [0, 0.05) is 12.1 Å². The lowest BCUT2D eigenvalue weighted by atomic mass is 10.0. The molecule has 2 aromatic rings. The molecule has 0 spiro atoms. The average Bonchev–Trinajstić information content (AvgIpc) is 2.39. The van der Waals surface area contributed by atoms with E-state index in [2.05, 4.69) is 0 Å². The number of halogens is 1. The van der Waals surface area contributed by atoms with Gasteiger partial charge in [-0.1, -0.05) is 18.2 Å². The highest BCUT2D eigenvalue weighted by Gasteiger charge is 2.13. The van der Waals surface area contributed by atoms with Crippen LogP contribution in [0.1, 0.15) is 10.4 Å². The van der Waals surface area contributed by atoms with Gasteiger partial charge in [-0.05, 0) is 23.3 Å². The number of nitro benzene ring substituents is 1. The first-order valence-electron chi connectivity index (χ1n) is 5.26. The average molecular weight is 261 g/mol. The van der Waals surface area contributed by atoms with Crippen LogP contribution in [-0.2, 0) is 0 Å². The first kappa shape index (κ1) is 12.7. The standard InChI is InChI=1S/C13H8FNO4/c14-12-5-4-9(7-11(12)13(16)17)8-2-1-3-10(6-8)15(18)19/h1-7H,(H,16,17). The molecule has 19 heavy (non-hydrogen) atoms. The van der Waals surface area contributed by atoms with Crippen molar-refractivity contribution < 1.29 is 19.2 Å². The van der Waals surface area contributed by atoms with E-state index in [0.717, 1.165) is 12.1 Å². The van der Waals surface area contributed by atoms with Gasteiger partial charge >= 0.3 is 5.97 Å². The van der Waals surface area contributed by atoms with Gasteiger partial charge in [-0.3, -0.25) is 10.1 Å². The predicted octanol–water partition coefficient (Wildman–Crippen LogP) is 3.10. The van der Waals surface area contributed by atoms with Gasteiger partial charge in [-0.2, -0.15) is 0 Å². The van der Waals surface area contributed by atoms with Crippen molar-refractivity contribution in [2.45, 2.75) is 0 Å². The lowest BCUT2D eigenvalue weighted by Crippen LogP contribution is -2.00. The largest absolute Gasteiger partial charge is 0.478 e. The Hall–Kier alpha value is -2.76. The molecule has 6 heteroatoms. The molecule has 0 saturated heterocycles. The van der Waals surface area contributed by atoms with Crippen molar-refractivity contribution in [3.05, 3.63) is 64.0 Å². The highest BCUT2D eigenvalue weighted by Crippen LogP contribution is 2.25. The molecule has 1 N–H and O–H groups in total. The third-order valence-corrected chi connectivity index (χ3v) is 2.59. The number of hydrogen-bond donors (Lipinski definition) is 1. The van der Waals surface area contributed by atoms with Gasteiger partial charge in [0.2, 0.25) is 0 Å². The molecule has 0 unspecified atom stereocenters. The fraction of sp³-hybridized carbons (Fsp3) is 0. The number of carboxylic acid groups (broad SMARTS) is 1. The fourth-order valence-electron chi connectivity index (χ4n) is 1.67. The molecule has 0 aromatic heterocycles. The molecule has 0 atom stereocenters. The summed E-state index contributed by atoms with van der Waals surface area (Å²) in [4.78, 5) is 20.9. The summed E-state index contributed by atoms with van der Waals surface area (Å²) in [5, 5.41) is 19.5. The third kappa shape index (κ3) is 2.57. The van der Waals surface area contributed by atoms with E-state index in [1.165, 1.54) is 24.3 Å². The maximum atomic E-state index is 13.3. The topological polar surface area (TPSA) is 80.4 Å². The van der Waals surface area contributed by atoms with E-state index < -0.39 is 22.3 Å². The van der Waals surface area contributed by atoms with Crippen LogP contribution in [0, 0.1) is 15.9 Å². The smallest absolute Gasteiger partial charge is 0.338 e. The number of hydrogen-bond acceptors (Lipinski definition) is 3. The summed E-state index contributed by atoms with van der Waals surface area (Å²) in [6, 6.07) is 9.25. The van der Waals surface area contributed by atoms with Crippen molar-refractivity contribution in [2.24, 2.45) is 0 Å². The summed E-state index contributed by atoms with van der Waals surface area (Å²) >= 11 is 0. The Labute approximate surface area is 107 Å². The van der Waals surface area contributed by atoms with Crippen molar-refractivity contribution in [1.82, 2.24) is 0 Å². The first-order valence-corrected chi connectivity index (χ1v) is 5.26. The molecule has 0 aliphatic rings. The van der Waals surface area contributed by atoms with Crippen molar-refractivity contribution in [3.63, 3.8) is 0 Å². The van der Waals surface area contributed by atoms with E-state index in [1.54, 1.807) is 6.07 Å². The number of nitrogens with zero attached hydrogens (tertiary/aromatic N) is 1. The molecule has 0 fully saturated rings. The minimum atomic E-state index is -1.38. The zero-order valence-corrected chi connectivity index (χ0v) is 9.54. The van der Waals surface area contributed by atoms with Crippen molar-refractivity contribution >= 4 is 11.7 Å². The second-order valence-corrected chi connectivity index (χ2v) is 3.81. The summed E-state index contributed by atoms with van der Waals surface area (Å²) in [6.07, 6.45) is 0. The van der Waals surface area contributed by atoms with E-state index in [4.69, 9.17) is 5.11 Å². The van der Waals surface area contributed by atoms with Crippen LogP contribution in [0.2, 0.25) is 0 Å². The van der Waals surface area contributed by atoms with Gasteiger partial charge in [-0.15, -0.1) is 0 Å². The molecule has 5 nitrogen and oxygen atoms in total. The van der Waals surface area contributed by atoms with E-state index >= 15 is 0 Å². The van der Waals surface area contributed by atoms with E-state index in [-0.39, 0.29) is 5.69 Å². The van der Waals surface area contributed by atoms with Gasteiger partial charge in [0.25, 0.3) is 5.69 Å². The fourth-order valence-corrected chi connectivity index (χ4v) is 1.67. The Morgan fingerprint density at radius 1 is 1.16 bits per heavy atom. The van der Waals surface area contributed by atoms with E-state index in [0.29, 0.717) is 11.1 Å². The second-order valence-electron chi connectivity index (χ2n) is 3.81. The highest BCUT2D eigenvalue weighted by molar-refractivity contribution is 5.89. The Balaban J connectivity index is 2.53. The summed E-state index contributed by atoms with van der Waals surface area (Å²) in [6.45, 7) is 0. The summed E-state index contributed by atoms with van der Waals surface area (Å²) in [5.74, 6) is -2.23. The summed E-state index contributed by atoms with van der Waals surface area (Å²) in [5.41, 5.74) is 0.280. The van der Waals surface area contributed by atoms with Crippen LogP contribution < -0.4 is 0 Å². The Kier molecular flexibility index (Phi) is 3.24. The van der Waals surface area contributed by atoms with Crippen molar-refractivity contribution in [3.8, 4) is 11.1 Å². The zero-order valence-electron chi connectivity index (χ0n) is 9.54. The minimum Gasteiger partial charge on any atom is -0.478 e. The number of aromatic carboxylic acids is 1. The molecule has 0 heterocycles. The normalized spacial score (nSPS) is 10.2. The van der Waals surface area contributed by atoms with Gasteiger partial charge in [0.1, 0.15) is 5.82 Å². The molecule has 2 rings (SSSR count). The van der Waals surface area contributed by atoms with Crippen LogP contribution >= 0.6 is 0 Å². The molecule has 0 amide bonds. The SMILES string of the molecule is O=C(O)c1cc(-c2cccc([N+](=O)[O-])c2)ccc1F. The Bertz CT molecular complexity index is 669. The Morgan fingerprint density at radius 2 is 1.84 bits per heavy atom. The molecule has 0 aliphatic carbocycles. The second kappa shape index (κ2) is 4.85. The van der Waals surface area contributed by atoms with Gasteiger partial charge in [0.05, 0.1) is 10.5 Å². The quantitative estimate of drug-likeness (QED) is 0.680. The van der Waals surface area contributed by atoms with Crippen LogP contribution in [0.5, 0.6) is 0 Å². The molecule has 0 saturated carbocycles. The van der Waals surface area contributed by atoms with Crippen molar-refractivity contribution in [2.75, 3.05) is 0 Å².